The van der Waals surface area contributed by atoms with Crippen LogP contribution in [0, 0.1) is 6.92 Å². The first-order chi connectivity index (χ1) is 13.6. The van der Waals surface area contributed by atoms with E-state index in [0.29, 0.717) is 22.8 Å². The summed E-state index contributed by atoms with van der Waals surface area (Å²) in [5, 5.41) is 7.62. The zero-order valence-electron chi connectivity index (χ0n) is 16.2. The van der Waals surface area contributed by atoms with Gasteiger partial charge in [0, 0.05) is 16.9 Å². The van der Waals surface area contributed by atoms with Gasteiger partial charge in [0.15, 0.2) is 5.69 Å². The molecule has 6 nitrogen and oxygen atoms in total. The number of carbonyl (C=O) groups is 1. The maximum atomic E-state index is 13.0. The number of nitrogen functional groups attached to an aromatic ring is 1. The van der Waals surface area contributed by atoms with Crippen molar-refractivity contribution in [3.63, 3.8) is 0 Å². The molecule has 28 heavy (non-hydrogen) atoms. The van der Waals surface area contributed by atoms with E-state index >= 15 is 0 Å². The van der Waals surface area contributed by atoms with E-state index in [2.05, 4.69) is 24.4 Å². The number of fused-ring (bicyclic) bond motifs is 1. The minimum absolute atomic E-state index is 0.214. The number of benzene rings is 2. The second-order valence-corrected chi connectivity index (χ2v) is 7.14. The lowest BCUT2D eigenvalue weighted by molar-refractivity contribution is 0.102. The minimum atomic E-state index is -0.214. The van der Waals surface area contributed by atoms with Gasteiger partial charge < -0.3 is 15.8 Å². The van der Waals surface area contributed by atoms with Gasteiger partial charge in [0.25, 0.3) is 5.91 Å². The van der Waals surface area contributed by atoms with Crippen molar-refractivity contribution in [2.45, 2.75) is 32.6 Å². The van der Waals surface area contributed by atoms with Gasteiger partial charge in [0.1, 0.15) is 5.75 Å². The fraction of sp³-hybridized carbons (Fsp3) is 0.273. The van der Waals surface area contributed by atoms with E-state index in [1.165, 1.54) is 5.56 Å². The zero-order chi connectivity index (χ0) is 19.7. The summed E-state index contributed by atoms with van der Waals surface area (Å²) in [7, 11) is 1.56. The summed E-state index contributed by atoms with van der Waals surface area (Å²) >= 11 is 0. The van der Waals surface area contributed by atoms with Crippen LogP contribution < -0.4 is 15.8 Å². The molecule has 0 bridgehead atoms. The van der Waals surface area contributed by atoms with Gasteiger partial charge in [-0.2, -0.15) is 5.10 Å². The smallest absolute Gasteiger partial charge is 0.276 e. The fourth-order valence-electron chi connectivity index (χ4n) is 3.68. The largest absolute Gasteiger partial charge is 0.495 e. The van der Waals surface area contributed by atoms with E-state index in [1.54, 1.807) is 25.3 Å². The molecule has 144 valence electrons. The Kier molecular flexibility index (Phi) is 4.77. The van der Waals surface area contributed by atoms with Gasteiger partial charge in [-0.25, -0.2) is 4.68 Å². The number of hydrogen-bond donors (Lipinski definition) is 2. The Morgan fingerprint density at radius 1 is 1.14 bits per heavy atom. The number of amides is 1. The van der Waals surface area contributed by atoms with E-state index in [-0.39, 0.29) is 5.91 Å². The molecule has 0 saturated heterocycles. The monoisotopic (exact) mass is 376 g/mol. The Balaban J connectivity index is 1.68. The van der Waals surface area contributed by atoms with Crippen molar-refractivity contribution in [2.75, 3.05) is 18.2 Å². The average molecular weight is 376 g/mol. The Morgan fingerprint density at radius 3 is 2.61 bits per heavy atom. The molecule has 3 N–H and O–H groups in total. The number of anilines is 2. The van der Waals surface area contributed by atoms with Crippen molar-refractivity contribution in [1.82, 2.24) is 9.78 Å². The van der Waals surface area contributed by atoms with Crippen molar-refractivity contribution in [2.24, 2.45) is 0 Å². The third-order valence-electron chi connectivity index (χ3n) is 5.16. The van der Waals surface area contributed by atoms with Gasteiger partial charge in [0.05, 0.1) is 18.5 Å². The molecule has 3 aromatic rings. The maximum absolute atomic E-state index is 13.0. The van der Waals surface area contributed by atoms with Gasteiger partial charge in [-0.3, -0.25) is 4.79 Å². The molecular weight excluding hydrogens is 352 g/mol. The number of hydrogen-bond acceptors (Lipinski definition) is 4. The van der Waals surface area contributed by atoms with Crippen LogP contribution in [0.5, 0.6) is 5.75 Å². The predicted octanol–water partition coefficient (Wildman–Crippen LogP) is 3.90. The number of carbonyl (C=O) groups excluding carboxylic acids is 1. The molecule has 0 atom stereocenters. The van der Waals surface area contributed by atoms with Crippen LogP contribution in [0.3, 0.4) is 0 Å². The summed E-state index contributed by atoms with van der Waals surface area (Å²) in [5.41, 5.74) is 11.9. The molecular formula is C22H24N4O2. The number of nitrogens with two attached hydrogens (primary N) is 1. The SMILES string of the molecule is COc1ccc(NC(=O)c2nn(-c3ccc(C)cc3)c3c2CCCC3)cc1N. The summed E-state index contributed by atoms with van der Waals surface area (Å²) in [4.78, 5) is 13.0. The molecule has 1 heterocycles. The van der Waals surface area contributed by atoms with Crippen LogP contribution in [0.15, 0.2) is 42.5 Å². The van der Waals surface area contributed by atoms with Crippen LogP contribution in [0.1, 0.15) is 40.2 Å². The second-order valence-electron chi connectivity index (χ2n) is 7.14. The summed E-state index contributed by atoms with van der Waals surface area (Å²) in [6, 6.07) is 13.4. The first-order valence-corrected chi connectivity index (χ1v) is 9.49. The van der Waals surface area contributed by atoms with Crippen molar-refractivity contribution < 1.29 is 9.53 Å². The van der Waals surface area contributed by atoms with Gasteiger partial charge in [0.2, 0.25) is 0 Å². The standard InChI is InChI=1S/C22H24N4O2/c1-14-7-10-16(11-8-14)26-19-6-4-3-5-17(19)21(25-26)22(27)24-15-9-12-20(28-2)18(23)13-15/h7-13H,3-6,23H2,1-2H3,(H,24,27). The summed E-state index contributed by atoms with van der Waals surface area (Å²) < 4.78 is 7.09. The highest BCUT2D eigenvalue weighted by Crippen LogP contribution is 2.29. The quantitative estimate of drug-likeness (QED) is 0.677. The molecule has 0 fully saturated rings. The van der Waals surface area contributed by atoms with Gasteiger partial charge in [-0.15, -0.1) is 0 Å². The van der Waals surface area contributed by atoms with E-state index in [4.69, 9.17) is 15.6 Å². The number of aromatic nitrogens is 2. The molecule has 0 spiro atoms. The lowest BCUT2D eigenvalue weighted by Gasteiger charge is -2.14. The molecule has 1 amide bonds. The van der Waals surface area contributed by atoms with E-state index in [0.717, 1.165) is 42.6 Å². The van der Waals surface area contributed by atoms with Gasteiger partial charge >= 0.3 is 0 Å². The molecule has 0 radical (unpaired) electrons. The Bertz CT molecular complexity index is 1020. The third-order valence-corrected chi connectivity index (χ3v) is 5.16. The lowest BCUT2D eigenvalue weighted by atomic mass is 9.95. The topological polar surface area (TPSA) is 82.2 Å². The number of aryl methyl sites for hydroxylation is 1. The molecule has 4 rings (SSSR count). The Hall–Kier alpha value is -3.28. The normalized spacial score (nSPS) is 13.1. The summed E-state index contributed by atoms with van der Waals surface area (Å²) in [5.74, 6) is 0.368. The van der Waals surface area contributed by atoms with Crippen molar-refractivity contribution in [3.8, 4) is 11.4 Å². The molecule has 6 heteroatoms. The number of rotatable bonds is 4. The highest BCUT2D eigenvalue weighted by molar-refractivity contribution is 6.04. The molecule has 1 aliphatic rings. The van der Waals surface area contributed by atoms with Crippen LogP contribution in [-0.4, -0.2) is 22.8 Å². The fourth-order valence-corrected chi connectivity index (χ4v) is 3.68. The highest BCUT2D eigenvalue weighted by atomic mass is 16.5. The third kappa shape index (κ3) is 3.33. The van der Waals surface area contributed by atoms with E-state index in [9.17, 15) is 4.79 Å². The molecule has 0 unspecified atom stereocenters. The van der Waals surface area contributed by atoms with Crippen LogP contribution in [0.2, 0.25) is 0 Å². The van der Waals surface area contributed by atoms with Crippen molar-refractivity contribution >= 4 is 17.3 Å². The van der Waals surface area contributed by atoms with Gasteiger partial charge in [-0.1, -0.05) is 17.7 Å². The molecule has 0 saturated carbocycles. The number of nitrogens with zero attached hydrogens (tertiary/aromatic N) is 2. The molecule has 1 aliphatic carbocycles. The first-order valence-electron chi connectivity index (χ1n) is 9.49. The lowest BCUT2D eigenvalue weighted by Crippen LogP contribution is -2.15. The van der Waals surface area contributed by atoms with E-state index in [1.807, 2.05) is 16.8 Å². The van der Waals surface area contributed by atoms with Crippen LogP contribution in [0.25, 0.3) is 5.69 Å². The number of nitrogens with one attached hydrogen (secondary N) is 1. The molecule has 1 aromatic heterocycles. The minimum Gasteiger partial charge on any atom is -0.495 e. The summed E-state index contributed by atoms with van der Waals surface area (Å²) in [6.07, 6.45) is 3.98. The maximum Gasteiger partial charge on any atom is 0.276 e. The van der Waals surface area contributed by atoms with Crippen LogP contribution in [-0.2, 0) is 12.8 Å². The highest BCUT2D eigenvalue weighted by Gasteiger charge is 2.25. The average Bonchev–Trinajstić information content (AvgIpc) is 3.09. The second kappa shape index (κ2) is 7.38. The zero-order valence-corrected chi connectivity index (χ0v) is 16.2. The predicted molar refractivity (Wildman–Crippen MR) is 110 cm³/mol. The van der Waals surface area contributed by atoms with Crippen molar-refractivity contribution in [3.05, 3.63) is 65.0 Å². The first kappa shape index (κ1) is 18.1. The Labute approximate surface area is 164 Å². The van der Waals surface area contributed by atoms with Crippen LogP contribution in [0.4, 0.5) is 11.4 Å². The summed E-state index contributed by atoms with van der Waals surface area (Å²) in [6.45, 7) is 2.06. The van der Waals surface area contributed by atoms with Crippen LogP contribution >= 0.6 is 0 Å². The van der Waals surface area contributed by atoms with Crippen molar-refractivity contribution in [1.29, 1.82) is 0 Å². The van der Waals surface area contributed by atoms with E-state index < -0.39 is 0 Å². The number of ether oxygens (including phenoxy) is 1. The molecule has 2 aromatic carbocycles. The molecule has 0 aliphatic heterocycles. The Morgan fingerprint density at radius 2 is 1.89 bits per heavy atom. The number of methoxy groups -OCH3 is 1. The van der Waals surface area contributed by atoms with Gasteiger partial charge in [-0.05, 0) is 62.9 Å².